The molecule has 0 amide bonds. The second-order valence-electron chi connectivity index (χ2n) is 3.97. The zero-order valence-electron chi connectivity index (χ0n) is 9.40. The van der Waals surface area contributed by atoms with Crippen molar-refractivity contribution in [2.45, 2.75) is 24.2 Å². The van der Waals surface area contributed by atoms with Crippen LogP contribution in [0.25, 0.3) is 0 Å². The highest BCUT2D eigenvalue weighted by Gasteiger charge is 2.13. The Bertz CT molecular complexity index is 471. The van der Waals surface area contributed by atoms with Crippen molar-refractivity contribution in [1.82, 2.24) is 0 Å². The molecule has 0 saturated carbocycles. The molecule has 1 rings (SSSR count). The van der Waals surface area contributed by atoms with E-state index in [2.05, 4.69) is 0 Å². The maximum atomic E-state index is 13.3. The van der Waals surface area contributed by atoms with E-state index in [4.69, 9.17) is 5.73 Å². The standard InChI is InChI=1S/C11H16FNO2S/c1-8(3-4-13)9-5-10(12)7-11(6-9)16(2,14)15/h5-8H,3-4,13H2,1-2H3. The lowest BCUT2D eigenvalue weighted by Gasteiger charge is -2.11. The van der Waals surface area contributed by atoms with E-state index in [9.17, 15) is 12.8 Å². The molecule has 0 saturated heterocycles. The normalized spacial score (nSPS) is 13.8. The van der Waals surface area contributed by atoms with Crippen LogP contribution >= 0.6 is 0 Å². The number of hydrogen-bond donors (Lipinski definition) is 1. The van der Waals surface area contributed by atoms with Gasteiger partial charge in [-0.25, -0.2) is 12.8 Å². The van der Waals surface area contributed by atoms with Crippen LogP contribution in [0.3, 0.4) is 0 Å². The van der Waals surface area contributed by atoms with E-state index in [1.807, 2.05) is 6.92 Å². The van der Waals surface area contributed by atoms with Gasteiger partial charge in [0.15, 0.2) is 9.84 Å². The molecule has 0 radical (unpaired) electrons. The summed E-state index contributed by atoms with van der Waals surface area (Å²) in [5, 5.41) is 0. The van der Waals surface area contributed by atoms with Gasteiger partial charge in [-0.05, 0) is 42.6 Å². The van der Waals surface area contributed by atoms with Crippen LogP contribution in [0.1, 0.15) is 24.8 Å². The maximum absolute atomic E-state index is 13.3. The molecule has 0 aromatic heterocycles. The summed E-state index contributed by atoms with van der Waals surface area (Å²) in [5.41, 5.74) is 6.09. The number of benzene rings is 1. The van der Waals surface area contributed by atoms with Gasteiger partial charge in [0, 0.05) is 6.26 Å². The van der Waals surface area contributed by atoms with Crippen molar-refractivity contribution in [2.24, 2.45) is 5.73 Å². The zero-order chi connectivity index (χ0) is 12.3. The third kappa shape index (κ3) is 3.28. The van der Waals surface area contributed by atoms with Crippen molar-refractivity contribution >= 4 is 9.84 Å². The quantitative estimate of drug-likeness (QED) is 0.878. The highest BCUT2D eigenvalue weighted by atomic mass is 32.2. The Morgan fingerprint density at radius 2 is 2.00 bits per heavy atom. The molecule has 3 nitrogen and oxygen atoms in total. The Labute approximate surface area is 95.4 Å². The number of hydrogen-bond acceptors (Lipinski definition) is 3. The monoisotopic (exact) mass is 245 g/mol. The molecule has 0 spiro atoms. The molecule has 5 heteroatoms. The van der Waals surface area contributed by atoms with Gasteiger partial charge in [-0.2, -0.15) is 0 Å². The smallest absolute Gasteiger partial charge is 0.175 e. The lowest BCUT2D eigenvalue weighted by Crippen LogP contribution is -2.06. The van der Waals surface area contributed by atoms with E-state index in [0.717, 1.165) is 12.3 Å². The maximum Gasteiger partial charge on any atom is 0.175 e. The first kappa shape index (κ1) is 13.1. The van der Waals surface area contributed by atoms with Gasteiger partial charge in [-0.3, -0.25) is 0 Å². The Balaban J connectivity index is 3.18. The van der Waals surface area contributed by atoms with Crippen LogP contribution in [0.15, 0.2) is 23.1 Å². The van der Waals surface area contributed by atoms with Gasteiger partial charge >= 0.3 is 0 Å². The van der Waals surface area contributed by atoms with Crippen molar-refractivity contribution in [3.05, 3.63) is 29.6 Å². The number of sulfone groups is 1. The highest BCUT2D eigenvalue weighted by Crippen LogP contribution is 2.23. The van der Waals surface area contributed by atoms with Gasteiger partial charge in [0.1, 0.15) is 5.82 Å². The molecule has 0 aliphatic heterocycles. The number of rotatable bonds is 4. The molecular weight excluding hydrogens is 229 g/mol. The Hall–Kier alpha value is -0.940. The number of nitrogens with two attached hydrogens (primary N) is 1. The van der Waals surface area contributed by atoms with Crippen molar-refractivity contribution in [3.8, 4) is 0 Å². The van der Waals surface area contributed by atoms with Crippen molar-refractivity contribution in [1.29, 1.82) is 0 Å². The van der Waals surface area contributed by atoms with Crippen LogP contribution in [0.2, 0.25) is 0 Å². The van der Waals surface area contributed by atoms with Gasteiger partial charge in [-0.15, -0.1) is 0 Å². The molecule has 1 aromatic carbocycles. The Kier molecular flexibility index (Phi) is 4.04. The molecule has 90 valence electrons. The topological polar surface area (TPSA) is 60.2 Å². The van der Waals surface area contributed by atoms with Gasteiger partial charge < -0.3 is 5.73 Å². The highest BCUT2D eigenvalue weighted by molar-refractivity contribution is 7.90. The average molecular weight is 245 g/mol. The molecule has 1 aromatic rings. The second-order valence-corrected chi connectivity index (χ2v) is 5.99. The Morgan fingerprint density at radius 3 is 2.50 bits per heavy atom. The largest absolute Gasteiger partial charge is 0.330 e. The minimum absolute atomic E-state index is 0.0198. The summed E-state index contributed by atoms with van der Waals surface area (Å²) >= 11 is 0. The lowest BCUT2D eigenvalue weighted by atomic mass is 9.98. The average Bonchev–Trinajstić information content (AvgIpc) is 2.16. The van der Waals surface area contributed by atoms with E-state index in [-0.39, 0.29) is 10.8 Å². The molecule has 0 bridgehead atoms. The van der Waals surface area contributed by atoms with E-state index in [1.165, 1.54) is 12.1 Å². The fraction of sp³-hybridized carbons (Fsp3) is 0.455. The van der Waals surface area contributed by atoms with E-state index in [0.29, 0.717) is 18.5 Å². The van der Waals surface area contributed by atoms with Crippen LogP contribution in [-0.2, 0) is 9.84 Å². The second kappa shape index (κ2) is 4.93. The third-order valence-corrected chi connectivity index (χ3v) is 3.58. The van der Waals surface area contributed by atoms with Crippen LogP contribution < -0.4 is 5.73 Å². The minimum Gasteiger partial charge on any atom is -0.330 e. The minimum atomic E-state index is -3.37. The summed E-state index contributed by atoms with van der Waals surface area (Å²) in [6.07, 6.45) is 1.77. The summed E-state index contributed by atoms with van der Waals surface area (Å²) in [5.74, 6) is -0.469. The van der Waals surface area contributed by atoms with Gasteiger partial charge in [0.05, 0.1) is 4.90 Å². The summed E-state index contributed by atoms with van der Waals surface area (Å²) in [4.78, 5) is 0.0198. The third-order valence-electron chi connectivity index (χ3n) is 2.49. The SMILES string of the molecule is CC(CCN)c1cc(F)cc(S(C)(=O)=O)c1. The van der Waals surface area contributed by atoms with Crippen LogP contribution in [-0.4, -0.2) is 21.2 Å². The summed E-state index contributed by atoms with van der Waals surface area (Å²) in [7, 11) is -3.37. The molecule has 0 aliphatic rings. The summed E-state index contributed by atoms with van der Waals surface area (Å²) in [6.45, 7) is 2.39. The van der Waals surface area contributed by atoms with E-state index >= 15 is 0 Å². The van der Waals surface area contributed by atoms with E-state index < -0.39 is 15.7 Å². The first-order valence-electron chi connectivity index (χ1n) is 5.05. The van der Waals surface area contributed by atoms with Crippen molar-refractivity contribution in [3.63, 3.8) is 0 Å². The molecule has 0 fully saturated rings. The van der Waals surface area contributed by atoms with Crippen LogP contribution in [0.4, 0.5) is 4.39 Å². The molecule has 0 heterocycles. The predicted molar refractivity (Wildman–Crippen MR) is 61.6 cm³/mol. The molecule has 16 heavy (non-hydrogen) atoms. The molecular formula is C11H16FNO2S. The summed E-state index contributed by atoms with van der Waals surface area (Å²) in [6, 6.07) is 3.90. The molecule has 1 unspecified atom stereocenters. The number of halogens is 1. The van der Waals surface area contributed by atoms with Crippen molar-refractivity contribution < 1.29 is 12.8 Å². The van der Waals surface area contributed by atoms with E-state index in [1.54, 1.807) is 0 Å². The lowest BCUT2D eigenvalue weighted by molar-refractivity contribution is 0.591. The fourth-order valence-electron chi connectivity index (χ4n) is 1.50. The van der Waals surface area contributed by atoms with Crippen molar-refractivity contribution in [2.75, 3.05) is 12.8 Å². The molecule has 1 atom stereocenters. The molecule has 2 N–H and O–H groups in total. The molecule has 0 aliphatic carbocycles. The first-order chi connectivity index (χ1) is 7.34. The summed E-state index contributed by atoms with van der Waals surface area (Å²) < 4.78 is 35.9. The fourth-order valence-corrected chi connectivity index (χ4v) is 2.18. The van der Waals surface area contributed by atoms with Crippen LogP contribution in [0, 0.1) is 5.82 Å². The van der Waals surface area contributed by atoms with Crippen LogP contribution in [0.5, 0.6) is 0 Å². The first-order valence-corrected chi connectivity index (χ1v) is 6.94. The van der Waals surface area contributed by atoms with Gasteiger partial charge in [0.2, 0.25) is 0 Å². The Morgan fingerprint density at radius 1 is 1.38 bits per heavy atom. The predicted octanol–water partition coefficient (Wildman–Crippen LogP) is 1.68. The van der Waals surface area contributed by atoms with Gasteiger partial charge in [-0.1, -0.05) is 6.92 Å². The zero-order valence-corrected chi connectivity index (χ0v) is 10.2. The van der Waals surface area contributed by atoms with Gasteiger partial charge in [0.25, 0.3) is 0 Å².